The predicted molar refractivity (Wildman–Crippen MR) is 73.8 cm³/mol. The molecule has 0 saturated heterocycles. The molecule has 4 nitrogen and oxygen atoms in total. The summed E-state index contributed by atoms with van der Waals surface area (Å²) < 4.78 is 9.67. The Hall–Kier alpha value is -1.32. The van der Waals surface area contributed by atoms with E-state index in [1.807, 2.05) is 13.0 Å². The first kappa shape index (κ1) is 15.7. The summed E-state index contributed by atoms with van der Waals surface area (Å²) in [5.41, 5.74) is 1.05. The van der Waals surface area contributed by atoms with Crippen molar-refractivity contribution < 1.29 is 14.1 Å². The van der Waals surface area contributed by atoms with Gasteiger partial charge in [0, 0.05) is 12.5 Å². The number of carbonyl (C=O) groups is 1. The van der Waals surface area contributed by atoms with Crippen molar-refractivity contribution in [3.63, 3.8) is 0 Å². The van der Waals surface area contributed by atoms with Crippen LogP contribution in [0.15, 0.2) is 16.9 Å². The Labute approximate surface area is 115 Å². The van der Waals surface area contributed by atoms with E-state index in [0.29, 0.717) is 13.0 Å². The molecule has 0 N–H and O–H groups in total. The first-order valence-electron chi connectivity index (χ1n) is 7.38. The van der Waals surface area contributed by atoms with Crippen molar-refractivity contribution in [3.05, 3.63) is 18.0 Å². The Balaban J connectivity index is 1.80. The largest absolute Gasteiger partial charge is 0.466 e. The van der Waals surface area contributed by atoms with Crippen molar-refractivity contribution in [2.24, 2.45) is 0 Å². The zero-order valence-corrected chi connectivity index (χ0v) is 11.9. The van der Waals surface area contributed by atoms with E-state index >= 15 is 0 Å². The fourth-order valence-electron chi connectivity index (χ4n) is 2.06. The third-order valence-electron chi connectivity index (χ3n) is 3.11. The molecular weight excluding hydrogens is 242 g/mol. The third-order valence-corrected chi connectivity index (χ3v) is 3.11. The molecule has 0 saturated carbocycles. The summed E-state index contributed by atoms with van der Waals surface area (Å²) in [5, 5.41) is 3.89. The highest BCUT2D eigenvalue weighted by Gasteiger charge is 2.00. The summed E-state index contributed by atoms with van der Waals surface area (Å²) >= 11 is 0. The van der Waals surface area contributed by atoms with Crippen LogP contribution in [0.5, 0.6) is 0 Å². The Morgan fingerprint density at radius 3 is 2.47 bits per heavy atom. The number of ether oxygens (including phenoxy) is 1. The van der Waals surface area contributed by atoms with Gasteiger partial charge >= 0.3 is 5.97 Å². The van der Waals surface area contributed by atoms with Gasteiger partial charge in [-0.1, -0.05) is 37.3 Å². The average molecular weight is 267 g/mol. The van der Waals surface area contributed by atoms with Crippen LogP contribution in [0.1, 0.15) is 64.0 Å². The molecule has 0 radical (unpaired) electrons. The normalized spacial score (nSPS) is 10.6. The van der Waals surface area contributed by atoms with Crippen LogP contribution in [0.4, 0.5) is 0 Å². The molecule has 0 unspecified atom stereocenters. The Morgan fingerprint density at radius 2 is 1.84 bits per heavy atom. The second-order valence-corrected chi connectivity index (χ2v) is 4.77. The van der Waals surface area contributed by atoms with E-state index in [1.54, 1.807) is 6.26 Å². The van der Waals surface area contributed by atoms with Gasteiger partial charge in [0.1, 0.15) is 6.26 Å². The second-order valence-electron chi connectivity index (χ2n) is 4.77. The van der Waals surface area contributed by atoms with Crippen molar-refractivity contribution in [1.82, 2.24) is 5.16 Å². The van der Waals surface area contributed by atoms with Crippen LogP contribution in [0, 0.1) is 0 Å². The number of rotatable bonds is 11. The van der Waals surface area contributed by atoms with Crippen LogP contribution in [-0.4, -0.2) is 17.7 Å². The zero-order valence-electron chi connectivity index (χ0n) is 11.9. The molecule has 0 aliphatic carbocycles. The number of esters is 1. The minimum absolute atomic E-state index is 0.0601. The molecule has 1 aromatic rings. The van der Waals surface area contributed by atoms with Crippen LogP contribution in [0.25, 0.3) is 0 Å². The zero-order chi connectivity index (χ0) is 13.8. The lowest BCUT2D eigenvalue weighted by molar-refractivity contribution is -0.143. The van der Waals surface area contributed by atoms with Gasteiger partial charge in [-0.3, -0.25) is 4.79 Å². The molecule has 108 valence electrons. The van der Waals surface area contributed by atoms with Crippen LogP contribution in [-0.2, 0) is 16.0 Å². The molecule has 0 fully saturated rings. The Kier molecular flexibility index (Phi) is 8.77. The van der Waals surface area contributed by atoms with Crippen molar-refractivity contribution in [1.29, 1.82) is 0 Å². The highest BCUT2D eigenvalue weighted by molar-refractivity contribution is 5.69. The van der Waals surface area contributed by atoms with Crippen molar-refractivity contribution in [2.45, 2.75) is 64.7 Å². The fraction of sp³-hybridized carbons (Fsp3) is 0.733. The molecular formula is C15H25NO3. The molecule has 19 heavy (non-hydrogen) atoms. The monoisotopic (exact) mass is 267 g/mol. The maximum Gasteiger partial charge on any atom is 0.305 e. The third kappa shape index (κ3) is 8.41. The van der Waals surface area contributed by atoms with Gasteiger partial charge in [0.25, 0.3) is 0 Å². The Morgan fingerprint density at radius 1 is 1.16 bits per heavy atom. The first-order chi connectivity index (χ1) is 9.33. The van der Waals surface area contributed by atoms with E-state index in [-0.39, 0.29) is 5.97 Å². The highest BCUT2D eigenvalue weighted by Crippen LogP contribution is 2.10. The van der Waals surface area contributed by atoms with E-state index in [1.165, 1.54) is 32.1 Å². The molecule has 0 aliphatic rings. The van der Waals surface area contributed by atoms with Crippen molar-refractivity contribution in [3.8, 4) is 0 Å². The number of aromatic nitrogens is 1. The van der Waals surface area contributed by atoms with Crippen molar-refractivity contribution >= 4 is 5.97 Å². The summed E-state index contributed by atoms with van der Waals surface area (Å²) in [7, 11) is 0. The summed E-state index contributed by atoms with van der Waals surface area (Å²) in [6.45, 7) is 2.33. The van der Waals surface area contributed by atoms with Gasteiger partial charge in [0.2, 0.25) is 0 Å². The standard InChI is InChI=1S/C15H25NO3/c1-2-18-15(17)11-9-7-5-3-4-6-8-10-14-12-13-19-16-14/h12-13H,2-11H2,1H3. The highest BCUT2D eigenvalue weighted by atomic mass is 16.5. The molecule has 4 heteroatoms. The van der Waals surface area contributed by atoms with Gasteiger partial charge in [0.15, 0.2) is 0 Å². The van der Waals surface area contributed by atoms with E-state index < -0.39 is 0 Å². The first-order valence-corrected chi connectivity index (χ1v) is 7.38. The van der Waals surface area contributed by atoms with Crippen LogP contribution < -0.4 is 0 Å². The average Bonchev–Trinajstić information content (AvgIpc) is 2.90. The lowest BCUT2D eigenvalue weighted by atomic mass is 10.1. The van der Waals surface area contributed by atoms with E-state index in [9.17, 15) is 4.79 Å². The number of hydrogen-bond donors (Lipinski definition) is 0. The maximum atomic E-state index is 11.1. The minimum atomic E-state index is -0.0601. The molecule has 0 atom stereocenters. The van der Waals surface area contributed by atoms with Crippen LogP contribution >= 0.6 is 0 Å². The lowest BCUT2D eigenvalue weighted by Gasteiger charge is -2.02. The number of hydrogen-bond acceptors (Lipinski definition) is 4. The SMILES string of the molecule is CCOC(=O)CCCCCCCCCc1ccon1. The van der Waals surface area contributed by atoms with Crippen molar-refractivity contribution in [2.75, 3.05) is 6.61 Å². The smallest absolute Gasteiger partial charge is 0.305 e. The molecule has 0 aliphatic heterocycles. The molecule has 1 heterocycles. The molecule has 0 aromatic carbocycles. The molecule has 0 spiro atoms. The van der Waals surface area contributed by atoms with Gasteiger partial charge in [-0.2, -0.15) is 0 Å². The van der Waals surface area contributed by atoms with E-state index in [4.69, 9.17) is 9.26 Å². The number of aryl methyl sites for hydroxylation is 1. The quantitative estimate of drug-likeness (QED) is 0.450. The molecule has 1 rings (SSSR count). The number of nitrogens with zero attached hydrogens (tertiary/aromatic N) is 1. The summed E-state index contributed by atoms with van der Waals surface area (Å²) in [6, 6.07) is 1.93. The van der Waals surface area contributed by atoms with Crippen LogP contribution in [0.2, 0.25) is 0 Å². The number of unbranched alkanes of at least 4 members (excludes halogenated alkanes) is 6. The summed E-state index contributed by atoms with van der Waals surface area (Å²) in [5.74, 6) is -0.0601. The van der Waals surface area contributed by atoms with E-state index in [2.05, 4.69) is 5.16 Å². The van der Waals surface area contributed by atoms with Gasteiger partial charge in [-0.15, -0.1) is 0 Å². The molecule has 0 amide bonds. The minimum Gasteiger partial charge on any atom is -0.466 e. The number of carbonyl (C=O) groups excluding carboxylic acids is 1. The lowest BCUT2D eigenvalue weighted by Crippen LogP contribution is -2.03. The topological polar surface area (TPSA) is 52.3 Å². The van der Waals surface area contributed by atoms with Gasteiger partial charge in [0.05, 0.1) is 12.3 Å². The summed E-state index contributed by atoms with van der Waals surface area (Å²) in [4.78, 5) is 11.1. The summed E-state index contributed by atoms with van der Waals surface area (Å²) in [6.07, 6.45) is 11.4. The van der Waals surface area contributed by atoms with E-state index in [0.717, 1.165) is 25.0 Å². The van der Waals surface area contributed by atoms with Gasteiger partial charge in [-0.25, -0.2) is 0 Å². The predicted octanol–water partition coefficient (Wildman–Crippen LogP) is 3.90. The fourth-order valence-corrected chi connectivity index (χ4v) is 2.06. The second kappa shape index (κ2) is 10.6. The maximum absolute atomic E-state index is 11.1. The van der Waals surface area contributed by atoms with Crippen LogP contribution in [0.3, 0.4) is 0 Å². The molecule has 1 aromatic heterocycles. The molecule has 0 bridgehead atoms. The van der Waals surface area contributed by atoms with Gasteiger partial charge in [-0.05, 0) is 26.2 Å². The van der Waals surface area contributed by atoms with Gasteiger partial charge < -0.3 is 9.26 Å². The Bertz CT molecular complexity index is 322.